The van der Waals surface area contributed by atoms with E-state index in [0.717, 1.165) is 12.2 Å². The van der Waals surface area contributed by atoms with Crippen LogP contribution in [0.25, 0.3) is 0 Å². The molecule has 19 heavy (non-hydrogen) atoms. The highest BCUT2D eigenvalue weighted by Crippen LogP contribution is 2.40. The van der Waals surface area contributed by atoms with Crippen LogP contribution in [0.4, 0.5) is 0 Å². The molecule has 1 atom stereocenters. The third-order valence-corrected chi connectivity index (χ3v) is 2.95. The molecule has 0 aromatic rings. The lowest BCUT2D eigenvalue weighted by molar-refractivity contribution is -0.156. The topological polar surface area (TPSA) is 80.3 Å². The first-order valence-corrected chi connectivity index (χ1v) is 6.82. The summed E-state index contributed by atoms with van der Waals surface area (Å²) in [4.78, 5) is 22.1. The Bertz CT molecular complexity index is 299. The van der Waals surface area contributed by atoms with E-state index in [1.165, 1.54) is 14.0 Å². The molecular formula is C11H19O7P. The summed E-state index contributed by atoms with van der Waals surface area (Å²) in [5.41, 5.74) is 0. The Morgan fingerprint density at radius 2 is 1.63 bits per heavy atom. The molecule has 8 heteroatoms. The Labute approximate surface area is 113 Å². The summed E-state index contributed by atoms with van der Waals surface area (Å²) in [7, 11) is -0.339. The predicted molar refractivity (Wildman–Crippen MR) is 68.0 cm³/mol. The molecule has 0 heterocycles. The second-order valence-electron chi connectivity index (χ2n) is 3.03. The van der Waals surface area contributed by atoms with E-state index in [2.05, 4.69) is 4.74 Å². The molecule has 0 saturated heterocycles. The fraction of sp³-hybridized carbons (Fsp3) is 0.636. The van der Waals surface area contributed by atoms with E-state index in [-0.39, 0.29) is 0 Å². The molecule has 0 aromatic carbocycles. The molecule has 110 valence electrons. The first-order valence-electron chi connectivity index (χ1n) is 5.72. The largest absolute Gasteiger partial charge is 0.466 e. The fourth-order valence-electron chi connectivity index (χ4n) is 0.859. The summed E-state index contributed by atoms with van der Waals surface area (Å²) >= 11 is 0. The van der Waals surface area contributed by atoms with Gasteiger partial charge in [-0.3, -0.25) is 4.52 Å². The molecule has 0 radical (unpaired) electrons. The Morgan fingerprint density at radius 1 is 1.11 bits per heavy atom. The molecule has 0 amide bonds. The zero-order valence-electron chi connectivity index (χ0n) is 11.5. The van der Waals surface area contributed by atoms with E-state index in [1.807, 2.05) is 0 Å². The highest BCUT2D eigenvalue weighted by molar-refractivity contribution is 7.41. The molecule has 0 saturated carbocycles. The van der Waals surface area contributed by atoms with Crippen molar-refractivity contribution in [2.75, 3.05) is 20.3 Å². The van der Waals surface area contributed by atoms with Gasteiger partial charge in [0.1, 0.15) is 0 Å². The van der Waals surface area contributed by atoms with Crippen molar-refractivity contribution in [2.24, 2.45) is 0 Å². The van der Waals surface area contributed by atoms with Gasteiger partial charge in [0.05, 0.1) is 20.3 Å². The highest BCUT2D eigenvalue weighted by atomic mass is 31.2. The highest BCUT2D eigenvalue weighted by Gasteiger charge is 2.17. The minimum Gasteiger partial charge on any atom is -0.466 e. The Balaban J connectivity index is 4.13. The first kappa shape index (κ1) is 18.0. The lowest BCUT2D eigenvalue weighted by Gasteiger charge is -2.19. The van der Waals surface area contributed by atoms with Gasteiger partial charge in [0.2, 0.25) is 6.29 Å². The lowest BCUT2D eigenvalue weighted by Crippen LogP contribution is -2.16. The summed E-state index contributed by atoms with van der Waals surface area (Å²) in [5.74, 6) is -1.36. The average Bonchev–Trinajstić information content (AvgIpc) is 2.36. The Kier molecular flexibility index (Phi) is 10.3. The molecule has 0 fully saturated rings. The number of methoxy groups -OCH3 is 1. The fourth-order valence-corrected chi connectivity index (χ4v) is 1.76. The molecular weight excluding hydrogens is 275 g/mol. The molecule has 0 N–H and O–H groups in total. The molecule has 0 spiro atoms. The van der Waals surface area contributed by atoms with E-state index in [0.29, 0.717) is 13.2 Å². The number of carbonyl (C=O) groups is 2. The molecule has 0 aliphatic carbocycles. The lowest BCUT2D eigenvalue weighted by atomic mass is 10.5. The van der Waals surface area contributed by atoms with Gasteiger partial charge in [0.25, 0.3) is 0 Å². The summed E-state index contributed by atoms with van der Waals surface area (Å²) in [6, 6.07) is 0. The monoisotopic (exact) mass is 294 g/mol. The van der Waals surface area contributed by atoms with Gasteiger partial charge in [-0.1, -0.05) is 0 Å². The summed E-state index contributed by atoms with van der Waals surface area (Å²) in [6.45, 7) is 5.97. The van der Waals surface area contributed by atoms with Gasteiger partial charge in [-0.2, -0.15) is 0 Å². The molecule has 0 aliphatic heterocycles. The normalized spacial score (nSPS) is 12.7. The van der Waals surface area contributed by atoms with Gasteiger partial charge < -0.3 is 18.5 Å². The van der Waals surface area contributed by atoms with Crippen molar-refractivity contribution in [3.8, 4) is 0 Å². The summed E-state index contributed by atoms with van der Waals surface area (Å²) in [6.07, 6.45) is 1.07. The Morgan fingerprint density at radius 3 is 2.11 bits per heavy atom. The molecule has 0 rings (SSSR count). The average molecular weight is 294 g/mol. The summed E-state index contributed by atoms with van der Waals surface area (Å²) < 4.78 is 24.8. The maximum Gasteiger partial charge on any atom is 0.335 e. The number of ether oxygens (including phenoxy) is 2. The number of esters is 2. The van der Waals surface area contributed by atoms with Crippen LogP contribution < -0.4 is 0 Å². The van der Waals surface area contributed by atoms with E-state index < -0.39 is 26.8 Å². The van der Waals surface area contributed by atoms with Gasteiger partial charge in [-0.15, -0.1) is 0 Å². The van der Waals surface area contributed by atoms with Crippen LogP contribution in [0.1, 0.15) is 20.8 Å². The van der Waals surface area contributed by atoms with Crippen molar-refractivity contribution >= 4 is 20.5 Å². The van der Waals surface area contributed by atoms with Crippen molar-refractivity contribution in [2.45, 2.75) is 27.1 Å². The quantitative estimate of drug-likeness (QED) is 0.278. The van der Waals surface area contributed by atoms with Gasteiger partial charge in [-0.25, -0.2) is 9.59 Å². The number of hydrogen-bond acceptors (Lipinski definition) is 7. The van der Waals surface area contributed by atoms with Gasteiger partial charge >= 0.3 is 20.5 Å². The van der Waals surface area contributed by atoms with E-state index in [9.17, 15) is 9.59 Å². The zero-order valence-corrected chi connectivity index (χ0v) is 12.3. The zero-order chi connectivity index (χ0) is 14.7. The smallest absolute Gasteiger partial charge is 0.335 e. The van der Waals surface area contributed by atoms with E-state index in [1.54, 1.807) is 13.8 Å². The third-order valence-electron chi connectivity index (χ3n) is 1.54. The second kappa shape index (κ2) is 10.9. The minimum absolute atomic E-state index is 0.425. The van der Waals surface area contributed by atoms with Crippen LogP contribution in [-0.4, -0.2) is 38.6 Å². The van der Waals surface area contributed by atoms with Gasteiger partial charge in [-0.05, 0) is 20.8 Å². The van der Waals surface area contributed by atoms with Crippen LogP contribution in [0.3, 0.4) is 0 Å². The predicted octanol–water partition coefficient (Wildman–Crippen LogP) is 1.92. The third kappa shape index (κ3) is 9.55. The van der Waals surface area contributed by atoms with Gasteiger partial charge in [0.15, 0.2) is 0 Å². The molecule has 7 nitrogen and oxygen atoms in total. The maximum atomic E-state index is 11.3. The summed E-state index contributed by atoms with van der Waals surface area (Å²) in [5, 5.41) is 0. The minimum atomic E-state index is -1.55. The molecule has 0 aromatic heterocycles. The van der Waals surface area contributed by atoms with Crippen LogP contribution in [0.15, 0.2) is 12.2 Å². The SMILES string of the molecule is CCOP(OCC)OC(C)OC(=O)C=CC(=O)OC. The maximum absolute atomic E-state index is 11.3. The standard InChI is InChI=1S/C11H19O7P/c1-5-15-19(16-6-2)18-9(3)17-11(13)8-7-10(12)14-4/h7-9H,5-6H2,1-4H3. The number of rotatable bonds is 9. The van der Waals surface area contributed by atoms with Crippen LogP contribution in [0.2, 0.25) is 0 Å². The van der Waals surface area contributed by atoms with Crippen molar-refractivity contribution < 1.29 is 32.6 Å². The van der Waals surface area contributed by atoms with Crippen LogP contribution in [0.5, 0.6) is 0 Å². The van der Waals surface area contributed by atoms with E-state index >= 15 is 0 Å². The molecule has 0 aliphatic rings. The van der Waals surface area contributed by atoms with E-state index in [4.69, 9.17) is 18.3 Å². The molecule has 1 unspecified atom stereocenters. The first-order chi connectivity index (χ1) is 9.03. The van der Waals surface area contributed by atoms with Crippen molar-refractivity contribution in [1.29, 1.82) is 0 Å². The Hall–Kier alpha value is -1.01. The number of hydrogen-bond donors (Lipinski definition) is 0. The van der Waals surface area contributed by atoms with Crippen LogP contribution >= 0.6 is 8.60 Å². The van der Waals surface area contributed by atoms with Crippen molar-refractivity contribution in [3.63, 3.8) is 0 Å². The molecule has 0 bridgehead atoms. The van der Waals surface area contributed by atoms with Crippen molar-refractivity contribution in [3.05, 3.63) is 12.2 Å². The van der Waals surface area contributed by atoms with Crippen molar-refractivity contribution in [1.82, 2.24) is 0 Å². The van der Waals surface area contributed by atoms with Gasteiger partial charge in [0, 0.05) is 12.2 Å². The van der Waals surface area contributed by atoms with Crippen LogP contribution in [-0.2, 0) is 32.6 Å². The van der Waals surface area contributed by atoms with Crippen LogP contribution in [0, 0.1) is 0 Å². The number of carbonyl (C=O) groups excluding carboxylic acids is 2. The second-order valence-corrected chi connectivity index (χ2v) is 4.20.